The van der Waals surface area contributed by atoms with Crippen LogP contribution in [-0.2, 0) is 12.8 Å². The Hall–Kier alpha value is -0.550. The zero-order valence-corrected chi connectivity index (χ0v) is 14.5. The van der Waals surface area contributed by atoms with E-state index in [0.717, 1.165) is 0 Å². The minimum atomic E-state index is 0.678. The molecule has 2 aromatic rings. The van der Waals surface area contributed by atoms with Crippen molar-refractivity contribution in [3.05, 3.63) is 33.0 Å². The van der Waals surface area contributed by atoms with Gasteiger partial charge >= 0.3 is 0 Å². The molecule has 0 spiro atoms. The molecule has 1 aliphatic rings. The van der Waals surface area contributed by atoms with E-state index in [1.807, 2.05) is 0 Å². The van der Waals surface area contributed by atoms with Gasteiger partial charge in [-0.1, -0.05) is 13.8 Å². The monoisotopic (exact) mass is 380 g/mol. The fourth-order valence-electron chi connectivity index (χ4n) is 3.58. The molecule has 1 N–H and O–H groups in total. The summed E-state index contributed by atoms with van der Waals surface area (Å²) in [5.41, 5.74) is 4.39. The summed E-state index contributed by atoms with van der Waals surface area (Å²) in [5.74, 6) is 0. The first-order valence-corrected chi connectivity index (χ1v) is 8.83. The summed E-state index contributed by atoms with van der Waals surface area (Å²) < 4.78 is 1.42. The molecule has 3 rings (SSSR count). The molecule has 0 radical (unpaired) electrons. The van der Waals surface area contributed by atoms with Crippen LogP contribution in [0.1, 0.15) is 37.8 Å². The van der Waals surface area contributed by atoms with Crippen LogP contribution in [-0.4, -0.2) is 29.0 Å². The first-order chi connectivity index (χ1) is 9.74. The van der Waals surface area contributed by atoms with Gasteiger partial charge in [-0.05, 0) is 84.6 Å². The molecule has 0 amide bonds. The standard InChI is InChI=1S/C17H23IN2/c1-3-7-20(8-4-2)13-9-12-11-19-16-6-5-15(18)14(10-13)17(12)16/h5-6,11,13,19H,3-4,7-10H2,1-2H3/t13-/m0/s1/i18-2. The normalized spacial score (nSPS) is 18.1. The third-order valence-corrected chi connectivity index (χ3v) is 5.42. The number of nitrogens with zero attached hydrogens (tertiary/aromatic N) is 1. The molecule has 1 aliphatic carbocycles. The van der Waals surface area contributed by atoms with Gasteiger partial charge in [-0.25, -0.2) is 0 Å². The maximum absolute atomic E-state index is 3.45. The highest BCUT2D eigenvalue weighted by Gasteiger charge is 2.27. The molecule has 108 valence electrons. The smallest absolute Gasteiger partial charge is 0.0460 e. The van der Waals surface area contributed by atoms with Gasteiger partial charge in [0.1, 0.15) is 0 Å². The van der Waals surface area contributed by atoms with E-state index in [1.54, 1.807) is 5.56 Å². The molecule has 0 aliphatic heterocycles. The highest BCUT2D eigenvalue weighted by atomic mass is 125. The van der Waals surface area contributed by atoms with E-state index in [0.29, 0.717) is 6.04 Å². The molecular weight excluding hydrogens is 357 g/mol. The van der Waals surface area contributed by atoms with Gasteiger partial charge in [0.15, 0.2) is 0 Å². The highest BCUT2D eigenvalue weighted by Crippen LogP contribution is 2.34. The summed E-state index contributed by atoms with van der Waals surface area (Å²) in [6.45, 7) is 7.03. The van der Waals surface area contributed by atoms with Gasteiger partial charge in [0.2, 0.25) is 0 Å². The number of aromatic nitrogens is 1. The molecule has 0 bridgehead atoms. The molecular formula is C17H23IN2. The van der Waals surface area contributed by atoms with Crippen LogP contribution in [0, 0.1) is 3.57 Å². The van der Waals surface area contributed by atoms with Gasteiger partial charge < -0.3 is 4.98 Å². The fourth-order valence-corrected chi connectivity index (χ4v) is 4.25. The molecule has 1 aromatic heterocycles. The zero-order chi connectivity index (χ0) is 14.1. The van der Waals surface area contributed by atoms with Crippen molar-refractivity contribution in [3.8, 4) is 0 Å². The number of aromatic amines is 1. The molecule has 1 heterocycles. The molecule has 0 unspecified atom stereocenters. The Morgan fingerprint density at radius 3 is 2.65 bits per heavy atom. The van der Waals surface area contributed by atoms with Crippen LogP contribution >= 0.6 is 22.6 Å². The molecule has 1 atom stereocenters. The van der Waals surface area contributed by atoms with Crippen molar-refractivity contribution in [2.24, 2.45) is 0 Å². The van der Waals surface area contributed by atoms with Crippen LogP contribution in [0.25, 0.3) is 10.9 Å². The van der Waals surface area contributed by atoms with E-state index < -0.39 is 0 Å². The first-order valence-electron chi connectivity index (χ1n) is 7.76. The second-order valence-electron chi connectivity index (χ2n) is 5.86. The minimum Gasteiger partial charge on any atom is -0.361 e. The maximum atomic E-state index is 3.45. The van der Waals surface area contributed by atoms with Crippen molar-refractivity contribution < 1.29 is 0 Å². The Labute approximate surface area is 135 Å². The van der Waals surface area contributed by atoms with Crippen molar-refractivity contribution in [1.82, 2.24) is 9.88 Å². The summed E-state index contributed by atoms with van der Waals surface area (Å²) in [6.07, 6.45) is 7.13. The predicted octanol–water partition coefficient (Wildman–Crippen LogP) is 4.36. The lowest BCUT2D eigenvalue weighted by atomic mass is 9.88. The summed E-state index contributed by atoms with van der Waals surface area (Å²) in [6, 6.07) is 5.16. The van der Waals surface area contributed by atoms with Crippen LogP contribution < -0.4 is 0 Å². The van der Waals surface area contributed by atoms with E-state index in [2.05, 4.69) is 64.7 Å². The van der Waals surface area contributed by atoms with Gasteiger partial charge in [0, 0.05) is 26.7 Å². The van der Waals surface area contributed by atoms with Crippen LogP contribution in [0.3, 0.4) is 0 Å². The Bertz CT molecular complexity index is 596. The summed E-state index contributed by atoms with van der Waals surface area (Å²) in [5, 5.41) is 1.50. The number of hydrogen-bond donors (Lipinski definition) is 1. The van der Waals surface area contributed by atoms with Crippen molar-refractivity contribution in [1.29, 1.82) is 0 Å². The van der Waals surface area contributed by atoms with Crippen molar-refractivity contribution in [2.45, 2.75) is 45.6 Å². The maximum Gasteiger partial charge on any atom is 0.0460 e. The Kier molecular flexibility index (Phi) is 4.36. The van der Waals surface area contributed by atoms with Gasteiger partial charge in [-0.2, -0.15) is 0 Å². The van der Waals surface area contributed by atoms with Gasteiger partial charge in [-0.15, -0.1) is 0 Å². The average molecular weight is 380 g/mol. The van der Waals surface area contributed by atoms with E-state index in [1.165, 1.54) is 58.8 Å². The second kappa shape index (κ2) is 6.06. The number of hydrogen-bond acceptors (Lipinski definition) is 1. The third kappa shape index (κ3) is 2.50. The molecule has 0 saturated carbocycles. The van der Waals surface area contributed by atoms with Crippen LogP contribution in [0.5, 0.6) is 0 Å². The van der Waals surface area contributed by atoms with E-state index in [4.69, 9.17) is 0 Å². The molecule has 2 nitrogen and oxygen atoms in total. The summed E-state index contributed by atoms with van der Waals surface area (Å²) in [4.78, 5) is 6.15. The van der Waals surface area contributed by atoms with Crippen LogP contribution in [0.2, 0.25) is 0 Å². The van der Waals surface area contributed by atoms with E-state index in [9.17, 15) is 0 Å². The van der Waals surface area contributed by atoms with Gasteiger partial charge in [-0.3, -0.25) is 4.90 Å². The third-order valence-electron chi connectivity index (χ3n) is 4.41. The molecule has 20 heavy (non-hydrogen) atoms. The quantitative estimate of drug-likeness (QED) is 0.764. The summed E-state index contributed by atoms with van der Waals surface area (Å²) in [7, 11) is 0. The lowest BCUT2D eigenvalue weighted by molar-refractivity contribution is 0.191. The topological polar surface area (TPSA) is 19.0 Å². The molecule has 0 saturated heterocycles. The van der Waals surface area contributed by atoms with E-state index >= 15 is 0 Å². The number of nitrogens with one attached hydrogen (secondary N) is 1. The van der Waals surface area contributed by atoms with Crippen LogP contribution in [0.4, 0.5) is 0 Å². The van der Waals surface area contributed by atoms with Gasteiger partial charge in [0.05, 0.1) is 0 Å². The number of benzene rings is 1. The Balaban J connectivity index is 1.95. The highest BCUT2D eigenvalue weighted by molar-refractivity contribution is 14.1. The lowest BCUT2D eigenvalue weighted by Gasteiger charge is -2.34. The fraction of sp³-hybridized carbons (Fsp3) is 0.529. The second-order valence-corrected chi connectivity index (χ2v) is 7.02. The molecule has 0 fully saturated rings. The van der Waals surface area contributed by atoms with Crippen molar-refractivity contribution in [2.75, 3.05) is 13.1 Å². The van der Waals surface area contributed by atoms with Gasteiger partial charge in [0.25, 0.3) is 0 Å². The van der Waals surface area contributed by atoms with Crippen LogP contribution in [0.15, 0.2) is 18.3 Å². The van der Waals surface area contributed by atoms with E-state index in [-0.39, 0.29) is 0 Å². The number of rotatable bonds is 5. The first kappa shape index (κ1) is 14.4. The predicted molar refractivity (Wildman–Crippen MR) is 94.4 cm³/mol. The minimum absolute atomic E-state index is 0.678. The SMILES string of the molecule is CCCN(CCC)[C@H]1Cc2c[nH]c3ccc([125I])c(c23)C1. The molecule has 3 heteroatoms. The summed E-state index contributed by atoms with van der Waals surface area (Å²) >= 11 is 2.50. The largest absolute Gasteiger partial charge is 0.361 e. The Morgan fingerprint density at radius 2 is 1.95 bits per heavy atom. The number of H-pyrrole nitrogens is 1. The Morgan fingerprint density at radius 1 is 1.20 bits per heavy atom. The average Bonchev–Trinajstić information content (AvgIpc) is 2.86. The zero-order valence-electron chi connectivity index (χ0n) is 12.4. The van der Waals surface area contributed by atoms with Crippen molar-refractivity contribution in [3.63, 3.8) is 0 Å². The number of halogens is 1. The van der Waals surface area contributed by atoms with Crippen molar-refractivity contribution >= 4 is 33.5 Å². The molecule has 1 aromatic carbocycles. The lowest BCUT2D eigenvalue weighted by Crippen LogP contribution is -2.41.